The minimum atomic E-state index is -3.89. The number of hydrogen-bond acceptors (Lipinski definition) is 7. The van der Waals surface area contributed by atoms with Crippen molar-refractivity contribution in [1.82, 2.24) is 19.6 Å². The van der Waals surface area contributed by atoms with Gasteiger partial charge >= 0.3 is 12.1 Å². The summed E-state index contributed by atoms with van der Waals surface area (Å²) in [7, 11) is -2.69. The number of nitrogens with zero attached hydrogens (tertiary/aromatic N) is 3. The molecule has 2 aromatic carbocycles. The second-order valence-corrected chi connectivity index (χ2v) is 8.33. The molecule has 4 rings (SSSR count). The molecule has 2 N–H and O–H groups in total. The summed E-state index contributed by atoms with van der Waals surface area (Å²) in [6.45, 7) is 0.0531. The van der Waals surface area contributed by atoms with Crippen molar-refractivity contribution in [3.05, 3.63) is 71.8 Å². The molecule has 0 fully saturated rings. The molecule has 166 valence electrons. The van der Waals surface area contributed by atoms with E-state index in [1.807, 2.05) is 4.72 Å². The largest absolute Gasteiger partial charge is 0.424 e. The highest BCUT2D eigenvalue weighted by atomic mass is 32.2. The summed E-state index contributed by atoms with van der Waals surface area (Å²) in [6.07, 6.45) is 2.40. The highest BCUT2D eigenvalue weighted by Crippen LogP contribution is 2.32. The molecule has 0 atom stereocenters. The van der Waals surface area contributed by atoms with Crippen molar-refractivity contribution in [1.29, 1.82) is 0 Å². The topological polar surface area (TPSA) is 123 Å². The minimum absolute atomic E-state index is 0.116. The van der Waals surface area contributed by atoms with Crippen molar-refractivity contribution in [2.45, 2.75) is 13.1 Å². The van der Waals surface area contributed by atoms with E-state index in [1.54, 1.807) is 24.3 Å². The van der Waals surface area contributed by atoms with Crippen molar-refractivity contribution < 1.29 is 27.1 Å². The summed E-state index contributed by atoms with van der Waals surface area (Å²) in [5, 5.41) is 0. The van der Waals surface area contributed by atoms with Crippen molar-refractivity contribution in [2.75, 3.05) is 11.8 Å². The van der Waals surface area contributed by atoms with Gasteiger partial charge in [0, 0.05) is 36.6 Å². The predicted octanol–water partition coefficient (Wildman–Crippen LogP) is 2.80. The first-order chi connectivity index (χ1) is 15.3. The molecule has 0 unspecified atom stereocenters. The molecule has 10 nitrogen and oxygen atoms in total. The Morgan fingerprint density at radius 1 is 1.19 bits per heavy atom. The molecule has 0 spiro atoms. The Balaban J connectivity index is 1.50. The summed E-state index contributed by atoms with van der Waals surface area (Å²) >= 11 is 0. The molecule has 0 saturated carbocycles. The second kappa shape index (κ2) is 8.77. The molecule has 32 heavy (non-hydrogen) atoms. The van der Waals surface area contributed by atoms with E-state index < -0.39 is 22.1 Å². The van der Waals surface area contributed by atoms with Crippen LogP contribution in [0.25, 0.3) is 0 Å². The quantitative estimate of drug-likeness (QED) is 0.557. The zero-order valence-electron chi connectivity index (χ0n) is 16.8. The van der Waals surface area contributed by atoms with Crippen molar-refractivity contribution in [2.24, 2.45) is 0 Å². The SMILES string of the molecule is CNS(=O)(=O)Nc1cccc(CN2Cc3ccc(Oc4ncccn4)cc3OC2=O)c1F. The van der Waals surface area contributed by atoms with Crippen molar-refractivity contribution in [3.8, 4) is 17.5 Å². The zero-order valence-corrected chi connectivity index (χ0v) is 17.6. The zero-order chi connectivity index (χ0) is 22.7. The average Bonchev–Trinajstić information content (AvgIpc) is 2.77. The normalized spacial score (nSPS) is 13.3. The molecular weight excluding hydrogens is 441 g/mol. The van der Waals surface area contributed by atoms with Gasteiger partial charge in [0.05, 0.1) is 18.8 Å². The van der Waals surface area contributed by atoms with E-state index in [1.165, 1.54) is 42.5 Å². The summed E-state index contributed by atoms with van der Waals surface area (Å²) in [5.41, 5.74) is 0.591. The third kappa shape index (κ3) is 4.76. The Hall–Kier alpha value is -3.77. The maximum absolute atomic E-state index is 14.8. The molecule has 1 aliphatic heterocycles. The third-order valence-corrected chi connectivity index (χ3v) is 5.59. The van der Waals surface area contributed by atoms with Gasteiger partial charge in [-0.2, -0.15) is 8.42 Å². The van der Waals surface area contributed by atoms with Gasteiger partial charge in [-0.3, -0.25) is 9.62 Å². The molecule has 3 aromatic rings. The number of carbonyl (C=O) groups excluding carboxylic acids is 1. The number of ether oxygens (including phenoxy) is 2. The van der Waals surface area contributed by atoms with E-state index in [0.717, 1.165) is 0 Å². The number of nitrogens with one attached hydrogen (secondary N) is 2. The summed E-state index contributed by atoms with van der Waals surface area (Å²) in [4.78, 5) is 21.7. The molecule has 0 bridgehead atoms. The van der Waals surface area contributed by atoms with E-state index in [4.69, 9.17) is 9.47 Å². The molecule has 0 aliphatic carbocycles. The Kier molecular flexibility index (Phi) is 5.88. The number of hydrogen-bond donors (Lipinski definition) is 2. The Labute approximate surface area is 183 Å². The van der Waals surface area contributed by atoms with Gasteiger partial charge in [0.25, 0.3) is 10.2 Å². The highest BCUT2D eigenvalue weighted by molar-refractivity contribution is 7.90. The molecule has 1 aliphatic rings. The third-order valence-electron chi connectivity index (χ3n) is 4.56. The van der Waals surface area contributed by atoms with Crippen LogP contribution >= 0.6 is 0 Å². The number of carbonyl (C=O) groups is 1. The summed E-state index contributed by atoms with van der Waals surface area (Å²) < 4.78 is 53.2. The van der Waals surface area contributed by atoms with Crippen LogP contribution < -0.4 is 18.9 Å². The Morgan fingerprint density at radius 2 is 1.97 bits per heavy atom. The van der Waals surface area contributed by atoms with Crippen molar-refractivity contribution >= 4 is 22.0 Å². The standard InChI is InChI=1S/C20H18FN5O5S/c1-22-32(28,29)25-16-5-2-4-14(18(16)21)12-26-11-13-6-7-15(10-17(13)31-20(26)27)30-19-23-8-3-9-24-19/h2-10,22,25H,11-12H2,1H3. The molecule has 0 radical (unpaired) electrons. The van der Waals surface area contributed by atoms with Gasteiger partial charge in [0.1, 0.15) is 11.5 Å². The van der Waals surface area contributed by atoms with Crippen LogP contribution in [0.5, 0.6) is 17.5 Å². The molecule has 12 heteroatoms. The van der Waals surface area contributed by atoms with Crippen LogP contribution in [0.2, 0.25) is 0 Å². The first-order valence-corrected chi connectivity index (χ1v) is 10.9. The van der Waals surface area contributed by atoms with Crippen LogP contribution in [0.4, 0.5) is 14.9 Å². The van der Waals surface area contributed by atoms with Crippen LogP contribution in [0, 0.1) is 5.82 Å². The molecule has 1 aromatic heterocycles. The molecule has 1 amide bonds. The number of anilines is 1. The minimum Gasteiger partial charge on any atom is -0.424 e. The van der Waals surface area contributed by atoms with Gasteiger partial charge in [-0.15, -0.1) is 0 Å². The average molecular weight is 459 g/mol. The fraction of sp³-hybridized carbons (Fsp3) is 0.150. The number of rotatable bonds is 7. The lowest BCUT2D eigenvalue weighted by atomic mass is 10.1. The number of amides is 1. The van der Waals surface area contributed by atoms with Gasteiger partial charge in [-0.1, -0.05) is 12.1 Å². The van der Waals surface area contributed by atoms with E-state index in [-0.39, 0.29) is 30.4 Å². The fourth-order valence-corrected chi connectivity index (χ4v) is 3.55. The van der Waals surface area contributed by atoms with Gasteiger partial charge in [-0.25, -0.2) is 23.9 Å². The first-order valence-electron chi connectivity index (χ1n) is 9.38. The Bertz CT molecular complexity index is 1260. The lowest BCUT2D eigenvalue weighted by molar-refractivity contribution is 0.134. The van der Waals surface area contributed by atoms with E-state index in [0.29, 0.717) is 17.1 Å². The van der Waals surface area contributed by atoms with Gasteiger partial charge in [0.15, 0.2) is 5.82 Å². The molecule has 0 saturated heterocycles. The number of fused-ring (bicyclic) bond motifs is 1. The lowest BCUT2D eigenvalue weighted by Crippen LogP contribution is -2.36. The van der Waals surface area contributed by atoms with Crippen LogP contribution in [0.3, 0.4) is 0 Å². The predicted molar refractivity (Wildman–Crippen MR) is 112 cm³/mol. The van der Waals surface area contributed by atoms with Crippen LogP contribution in [-0.4, -0.2) is 36.4 Å². The van der Waals surface area contributed by atoms with Crippen LogP contribution in [0.15, 0.2) is 54.9 Å². The Morgan fingerprint density at radius 3 is 2.72 bits per heavy atom. The van der Waals surface area contributed by atoms with Crippen molar-refractivity contribution in [3.63, 3.8) is 0 Å². The molecular formula is C20H18FN5O5S. The number of aromatic nitrogens is 2. The van der Waals surface area contributed by atoms with E-state index >= 15 is 0 Å². The summed E-state index contributed by atoms with van der Waals surface area (Å²) in [5.74, 6) is -0.0704. The molecule has 2 heterocycles. The van der Waals surface area contributed by atoms with E-state index in [2.05, 4.69) is 14.7 Å². The number of halogens is 1. The highest BCUT2D eigenvalue weighted by Gasteiger charge is 2.27. The van der Waals surface area contributed by atoms with Crippen LogP contribution in [0.1, 0.15) is 11.1 Å². The smallest absolute Gasteiger partial charge is 0.415 e. The summed E-state index contributed by atoms with van der Waals surface area (Å²) in [6, 6.07) is 11.0. The van der Waals surface area contributed by atoms with Gasteiger partial charge in [0.2, 0.25) is 0 Å². The lowest BCUT2D eigenvalue weighted by Gasteiger charge is -2.28. The van der Waals surface area contributed by atoms with E-state index in [9.17, 15) is 17.6 Å². The van der Waals surface area contributed by atoms with Crippen LogP contribution in [-0.2, 0) is 23.3 Å². The monoisotopic (exact) mass is 459 g/mol. The maximum Gasteiger partial charge on any atom is 0.415 e. The maximum atomic E-state index is 14.8. The number of benzene rings is 2. The van der Waals surface area contributed by atoms with Gasteiger partial charge < -0.3 is 9.47 Å². The first kappa shape index (κ1) is 21.5. The fourth-order valence-electron chi connectivity index (χ4n) is 3.00. The second-order valence-electron chi connectivity index (χ2n) is 6.72. The van der Waals surface area contributed by atoms with Gasteiger partial charge in [-0.05, 0) is 24.3 Å².